The van der Waals surface area contributed by atoms with Gasteiger partial charge < -0.3 is 4.74 Å². The van der Waals surface area contributed by atoms with E-state index in [1.165, 1.54) is 18.5 Å². The van der Waals surface area contributed by atoms with E-state index in [4.69, 9.17) is 4.74 Å². The number of esters is 1. The van der Waals surface area contributed by atoms with Crippen molar-refractivity contribution in [3.05, 3.63) is 12.7 Å². The minimum atomic E-state index is -0.982. The van der Waals surface area contributed by atoms with Crippen molar-refractivity contribution in [2.24, 2.45) is 0 Å². The Morgan fingerprint density at radius 2 is 2.07 bits per heavy atom. The number of carbonyl (C=O) groups excluding carboxylic acids is 1. The molecule has 1 unspecified atom stereocenters. The van der Waals surface area contributed by atoms with Crippen molar-refractivity contribution in [1.82, 2.24) is 0 Å². The zero-order valence-electron chi connectivity index (χ0n) is 8.64. The summed E-state index contributed by atoms with van der Waals surface area (Å²) in [6.45, 7) is 5.31. The molecule has 0 aromatic rings. The van der Waals surface area contributed by atoms with Crippen molar-refractivity contribution in [3.8, 4) is 0 Å². The van der Waals surface area contributed by atoms with Crippen LogP contribution >= 0.6 is 65.4 Å². The molecule has 0 aliphatic rings. The SMILES string of the molecule is C=CC(=O)OC(C)CCCC[Si](I)(I)I. The van der Waals surface area contributed by atoms with Crippen LogP contribution in [0.5, 0.6) is 0 Å². The van der Waals surface area contributed by atoms with E-state index >= 15 is 0 Å². The molecule has 15 heavy (non-hydrogen) atoms. The minimum absolute atomic E-state index is 0.0178. The Hall–Kier alpha value is 1.62. The number of unbranched alkanes of at least 4 members (excludes halogenated alkanes) is 1. The molecule has 1 atom stereocenters. The molecule has 0 aromatic carbocycles. The summed E-state index contributed by atoms with van der Waals surface area (Å²) in [7, 11) is 0. The fraction of sp³-hybridized carbons (Fsp3) is 0.667. The molecule has 0 rings (SSSR count). The van der Waals surface area contributed by atoms with Gasteiger partial charge in [-0.3, -0.25) is 0 Å². The maximum Gasteiger partial charge on any atom is 0.330 e. The molecule has 0 aromatic heterocycles. The van der Waals surface area contributed by atoms with Crippen LogP contribution < -0.4 is 0 Å². The van der Waals surface area contributed by atoms with Crippen LogP contribution in [0.4, 0.5) is 0 Å². The van der Waals surface area contributed by atoms with E-state index in [0.29, 0.717) is 0 Å². The van der Waals surface area contributed by atoms with Crippen LogP contribution in [-0.2, 0) is 9.53 Å². The van der Waals surface area contributed by atoms with Crippen molar-refractivity contribution in [2.75, 3.05) is 0 Å². The lowest BCUT2D eigenvalue weighted by molar-refractivity contribution is -0.142. The second-order valence-electron chi connectivity index (χ2n) is 3.31. The highest BCUT2D eigenvalue weighted by molar-refractivity contribution is 14.4. The van der Waals surface area contributed by atoms with Crippen LogP contribution in [0.15, 0.2) is 12.7 Å². The predicted octanol–water partition coefficient (Wildman–Crippen LogP) is 4.52. The first-order valence-corrected chi connectivity index (χ1v) is 16.3. The zero-order valence-corrected chi connectivity index (χ0v) is 16.1. The third-order valence-electron chi connectivity index (χ3n) is 1.80. The van der Waals surface area contributed by atoms with E-state index < -0.39 is 0.564 Å². The van der Waals surface area contributed by atoms with Gasteiger partial charge >= 0.3 is 5.97 Å². The molecule has 0 heterocycles. The second-order valence-corrected chi connectivity index (χ2v) is 40.2. The largest absolute Gasteiger partial charge is 0.460 e. The molecule has 0 amide bonds. The average Bonchev–Trinajstić information content (AvgIpc) is 2.11. The first-order valence-electron chi connectivity index (χ1n) is 4.75. The van der Waals surface area contributed by atoms with Gasteiger partial charge in [0.05, 0.1) is 6.10 Å². The van der Waals surface area contributed by atoms with Gasteiger partial charge in [-0.25, -0.2) is 4.79 Å². The van der Waals surface area contributed by atoms with Crippen LogP contribution in [0.25, 0.3) is 0 Å². The van der Waals surface area contributed by atoms with Gasteiger partial charge in [-0.1, -0.05) is 78.4 Å². The van der Waals surface area contributed by atoms with Crippen LogP contribution in [0.2, 0.25) is 6.04 Å². The molecule has 0 radical (unpaired) electrons. The molecule has 6 heteroatoms. The van der Waals surface area contributed by atoms with Crippen LogP contribution in [0.1, 0.15) is 26.2 Å². The lowest BCUT2D eigenvalue weighted by atomic mass is 10.2. The van der Waals surface area contributed by atoms with Crippen LogP contribution in [-0.4, -0.2) is 12.6 Å². The molecule has 0 saturated heterocycles. The maximum atomic E-state index is 10.9. The fourth-order valence-electron chi connectivity index (χ4n) is 1.06. The second kappa shape index (κ2) is 8.67. The Morgan fingerprint density at radius 3 is 2.53 bits per heavy atom. The maximum absolute atomic E-state index is 10.9. The van der Waals surface area contributed by atoms with Gasteiger partial charge in [0.1, 0.15) is 0 Å². The van der Waals surface area contributed by atoms with E-state index in [9.17, 15) is 4.79 Å². The molecular formula is C9H15I3O2Si. The van der Waals surface area contributed by atoms with Crippen molar-refractivity contribution >= 4 is 71.9 Å². The molecule has 88 valence electrons. The third kappa shape index (κ3) is 11.9. The number of hydrogen-bond donors (Lipinski definition) is 0. The summed E-state index contributed by atoms with van der Waals surface area (Å²) in [5, 5.41) is 0. The Kier molecular flexibility index (Phi) is 9.61. The van der Waals surface area contributed by atoms with Gasteiger partial charge in [0.15, 0.2) is 0 Å². The zero-order chi connectivity index (χ0) is 11.9. The number of hydrogen-bond acceptors (Lipinski definition) is 2. The lowest BCUT2D eigenvalue weighted by Gasteiger charge is -2.13. The summed E-state index contributed by atoms with van der Waals surface area (Å²) in [5.74, 6) is -0.317. The molecular weight excluding hydrogens is 549 g/mol. The van der Waals surface area contributed by atoms with Crippen LogP contribution in [0, 0.1) is 0 Å². The summed E-state index contributed by atoms with van der Waals surface area (Å²) in [6.07, 6.45) is 4.55. The summed E-state index contributed by atoms with van der Waals surface area (Å²) in [5.41, 5.74) is 0. The number of halogens is 3. The third-order valence-corrected chi connectivity index (χ3v) is 7.58. The monoisotopic (exact) mass is 564 g/mol. The van der Waals surface area contributed by atoms with E-state index in [2.05, 4.69) is 72.0 Å². The Bertz CT molecular complexity index is 216. The lowest BCUT2D eigenvalue weighted by Crippen LogP contribution is -2.13. The molecule has 0 aliphatic carbocycles. The Labute approximate surface area is 131 Å². The van der Waals surface area contributed by atoms with Gasteiger partial charge in [0.2, 0.25) is 0 Å². The number of rotatable bonds is 7. The van der Waals surface area contributed by atoms with Gasteiger partial charge in [-0.15, -0.1) is 0 Å². The summed E-state index contributed by atoms with van der Waals surface area (Å²) in [6, 6.07) is 1.32. The molecule has 0 spiro atoms. The Morgan fingerprint density at radius 1 is 1.47 bits per heavy atom. The van der Waals surface area contributed by atoms with Crippen molar-refractivity contribution < 1.29 is 9.53 Å². The molecule has 0 bridgehead atoms. The number of carbonyl (C=O) groups is 1. The fourth-order valence-corrected chi connectivity index (χ4v) is 5.15. The topological polar surface area (TPSA) is 26.3 Å². The van der Waals surface area contributed by atoms with Crippen molar-refractivity contribution in [1.29, 1.82) is 0 Å². The predicted molar refractivity (Wildman–Crippen MR) is 92.2 cm³/mol. The van der Waals surface area contributed by atoms with Crippen molar-refractivity contribution in [2.45, 2.75) is 38.3 Å². The highest BCUT2D eigenvalue weighted by Crippen LogP contribution is 2.35. The van der Waals surface area contributed by atoms with Gasteiger partial charge in [0, 0.05) is 6.08 Å². The van der Waals surface area contributed by atoms with E-state index in [-0.39, 0.29) is 12.1 Å². The van der Waals surface area contributed by atoms with E-state index in [0.717, 1.165) is 12.8 Å². The average molecular weight is 564 g/mol. The smallest absolute Gasteiger partial charge is 0.330 e. The summed E-state index contributed by atoms with van der Waals surface area (Å²) >= 11 is 7.72. The number of ether oxygens (including phenoxy) is 1. The molecule has 0 saturated carbocycles. The molecule has 0 aliphatic heterocycles. The summed E-state index contributed by atoms with van der Waals surface area (Å²) < 4.78 is 4.10. The quantitative estimate of drug-likeness (QED) is 0.114. The van der Waals surface area contributed by atoms with E-state index in [1.807, 2.05) is 6.92 Å². The summed E-state index contributed by atoms with van der Waals surface area (Å²) in [4.78, 5) is 10.9. The minimum Gasteiger partial charge on any atom is -0.460 e. The highest BCUT2D eigenvalue weighted by atomic mass is 127. The van der Waals surface area contributed by atoms with Crippen molar-refractivity contribution in [3.63, 3.8) is 0 Å². The van der Waals surface area contributed by atoms with Gasteiger partial charge in [-0.05, 0) is 25.8 Å². The first-order chi connectivity index (χ1) is 6.85. The standard InChI is InChI=1S/C9H15I3O2Si/c1-3-9(13)14-8(2)6-4-5-7-15(10,11)12/h3,8H,1,4-7H2,2H3. The molecule has 0 N–H and O–H groups in total. The van der Waals surface area contributed by atoms with Gasteiger partial charge in [0.25, 0.3) is 0.564 Å². The Balaban J connectivity index is 3.51. The van der Waals surface area contributed by atoms with Crippen LogP contribution in [0.3, 0.4) is 0 Å². The first kappa shape index (κ1) is 16.6. The molecule has 0 fully saturated rings. The highest BCUT2D eigenvalue weighted by Gasteiger charge is 2.20. The molecule has 2 nitrogen and oxygen atoms in total. The van der Waals surface area contributed by atoms with Gasteiger partial charge in [-0.2, -0.15) is 0 Å². The normalized spacial score (nSPS) is 13.3. The van der Waals surface area contributed by atoms with E-state index in [1.54, 1.807) is 0 Å².